The number of carbonyl (C=O) groups is 2. The molecule has 1 atom stereocenters. The first-order valence-corrected chi connectivity index (χ1v) is 8.34. The standard InChI is InChI=1S/C17H17N3O2S/c1-11(2)12-4-6-13(7-5-12)20-15(21)10-14(16(20)22)23-17-18-8-3-9-19-17/h3-9,11,14H,10H2,1-2H3/t14-/m1/s1. The quantitative estimate of drug-likeness (QED) is 0.638. The van der Waals surface area contributed by atoms with Crippen molar-refractivity contribution < 1.29 is 9.59 Å². The lowest BCUT2D eigenvalue weighted by atomic mass is 10.0. The van der Waals surface area contributed by atoms with Crippen molar-refractivity contribution in [3.05, 3.63) is 48.3 Å². The summed E-state index contributed by atoms with van der Waals surface area (Å²) in [6, 6.07) is 9.30. The normalized spacial score (nSPS) is 18.0. The van der Waals surface area contributed by atoms with Crippen LogP contribution in [0, 0.1) is 0 Å². The maximum atomic E-state index is 12.6. The van der Waals surface area contributed by atoms with E-state index in [2.05, 4.69) is 23.8 Å². The van der Waals surface area contributed by atoms with Gasteiger partial charge in [-0.2, -0.15) is 0 Å². The largest absolute Gasteiger partial charge is 0.274 e. The van der Waals surface area contributed by atoms with E-state index in [4.69, 9.17) is 0 Å². The van der Waals surface area contributed by atoms with Gasteiger partial charge in [0.25, 0.3) is 0 Å². The van der Waals surface area contributed by atoms with Gasteiger partial charge in [0.2, 0.25) is 11.8 Å². The van der Waals surface area contributed by atoms with Gasteiger partial charge in [0.05, 0.1) is 5.69 Å². The molecule has 6 heteroatoms. The summed E-state index contributed by atoms with van der Waals surface area (Å²) in [5.41, 5.74) is 1.80. The minimum Gasteiger partial charge on any atom is -0.274 e. The number of anilines is 1. The second-order valence-corrected chi connectivity index (χ2v) is 6.83. The topological polar surface area (TPSA) is 63.2 Å². The van der Waals surface area contributed by atoms with Crippen LogP contribution in [0.4, 0.5) is 5.69 Å². The van der Waals surface area contributed by atoms with Gasteiger partial charge in [0, 0.05) is 18.8 Å². The van der Waals surface area contributed by atoms with Crippen molar-refractivity contribution in [3.8, 4) is 0 Å². The maximum absolute atomic E-state index is 12.6. The Hall–Kier alpha value is -2.21. The summed E-state index contributed by atoms with van der Waals surface area (Å²) in [4.78, 5) is 34.3. The third-order valence-electron chi connectivity index (χ3n) is 3.71. The van der Waals surface area contributed by atoms with E-state index in [1.165, 1.54) is 22.2 Å². The van der Waals surface area contributed by atoms with Gasteiger partial charge >= 0.3 is 0 Å². The van der Waals surface area contributed by atoms with Crippen LogP contribution in [-0.4, -0.2) is 27.0 Å². The molecule has 3 rings (SSSR count). The molecule has 1 aromatic heterocycles. The summed E-state index contributed by atoms with van der Waals surface area (Å²) in [7, 11) is 0. The van der Waals surface area contributed by atoms with Gasteiger partial charge in [-0.1, -0.05) is 37.7 Å². The Kier molecular flexibility index (Phi) is 4.43. The predicted molar refractivity (Wildman–Crippen MR) is 89.3 cm³/mol. The van der Waals surface area contributed by atoms with Crippen molar-refractivity contribution in [2.24, 2.45) is 0 Å². The van der Waals surface area contributed by atoms with E-state index in [1.54, 1.807) is 18.5 Å². The van der Waals surface area contributed by atoms with E-state index < -0.39 is 5.25 Å². The summed E-state index contributed by atoms with van der Waals surface area (Å²) in [5.74, 6) is 0.0260. The van der Waals surface area contributed by atoms with Crippen molar-refractivity contribution in [3.63, 3.8) is 0 Å². The van der Waals surface area contributed by atoms with Crippen molar-refractivity contribution in [1.82, 2.24) is 9.97 Å². The van der Waals surface area contributed by atoms with Crippen molar-refractivity contribution >= 4 is 29.3 Å². The van der Waals surface area contributed by atoms with Crippen LogP contribution < -0.4 is 4.90 Å². The van der Waals surface area contributed by atoms with E-state index in [0.29, 0.717) is 16.8 Å². The minimum atomic E-state index is -0.463. The third-order valence-corrected chi connectivity index (χ3v) is 4.79. The zero-order chi connectivity index (χ0) is 16.4. The molecule has 2 aromatic rings. The zero-order valence-corrected chi connectivity index (χ0v) is 13.8. The Labute approximate surface area is 139 Å². The molecule has 1 aliphatic rings. The number of amides is 2. The Bertz CT molecular complexity index is 716. The summed E-state index contributed by atoms with van der Waals surface area (Å²) in [6.07, 6.45) is 3.42. The van der Waals surface area contributed by atoms with Gasteiger partial charge < -0.3 is 0 Å². The van der Waals surface area contributed by atoms with E-state index in [9.17, 15) is 9.59 Å². The second kappa shape index (κ2) is 6.50. The number of hydrogen-bond donors (Lipinski definition) is 0. The number of thioether (sulfide) groups is 1. The molecule has 0 spiro atoms. The second-order valence-electron chi connectivity index (χ2n) is 5.66. The zero-order valence-electron chi connectivity index (χ0n) is 13.0. The van der Waals surface area contributed by atoms with E-state index in [0.717, 1.165) is 0 Å². The SMILES string of the molecule is CC(C)c1ccc(N2C(=O)C[C@@H](Sc3ncccn3)C2=O)cc1. The number of carbonyl (C=O) groups excluding carboxylic acids is 2. The van der Waals surface area contributed by atoms with Crippen LogP contribution in [-0.2, 0) is 9.59 Å². The summed E-state index contributed by atoms with van der Waals surface area (Å²) in [5, 5.41) is 0.0466. The smallest absolute Gasteiger partial charge is 0.247 e. The van der Waals surface area contributed by atoms with Gasteiger partial charge in [-0.3, -0.25) is 9.59 Å². The fraction of sp³-hybridized carbons (Fsp3) is 0.294. The highest BCUT2D eigenvalue weighted by Crippen LogP contribution is 2.32. The lowest BCUT2D eigenvalue weighted by molar-refractivity contribution is -0.121. The molecule has 1 aromatic carbocycles. The van der Waals surface area contributed by atoms with Crippen LogP contribution in [0.5, 0.6) is 0 Å². The molecule has 1 fully saturated rings. The van der Waals surface area contributed by atoms with Crippen LogP contribution >= 0.6 is 11.8 Å². The molecule has 0 unspecified atom stereocenters. The highest BCUT2D eigenvalue weighted by atomic mass is 32.2. The monoisotopic (exact) mass is 327 g/mol. The van der Waals surface area contributed by atoms with Gasteiger partial charge in [-0.05, 0) is 29.7 Å². The van der Waals surface area contributed by atoms with Crippen LogP contribution in [0.1, 0.15) is 31.7 Å². The number of aromatic nitrogens is 2. The molecule has 0 aliphatic carbocycles. The molecule has 0 radical (unpaired) electrons. The number of hydrogen-bond acceptors (Lipinski definition) is 5. The Morgan fingerprint density at radius 2 is 1.78 bits per heavy atom. The lowest BCUT2D eigenvalue weighted by Crippen LogP contribution is -2.31. The molecule has 0 bridgehead atoms. The maximum Gasteiger partial charge on any atom is 0.247 e. The number of nitrogens with zero attached hydrogens (tertiary/aromatic N) is 3. The number of imide groups is 1. The average Bonchev–Trinajstić information content (AvgIpc) is 2.82. The molecule has 2 heterocycles. The van der Waals surface area contributed by atoms with Crippen molar-refractivity contribution in [2.75, 3.05) is 4.90 Å². The minimum absolute atomic E-state index is 0.174. The molecule has 0 N–H and O–H groups in total. The molecule has 118 valence electrons. The molecule has 0 saturated carbocycles. The first kappa shape index (κ1) is 15.7. The first-order valence-electron chi connectivity index (χ1n) is 7.46. The molecule has 1 aliphatic heterocycles. The third kappa shape index (κ3) is 3.27. The fourth-order valence-electron chi connectivity index (χ4n) is 2.45. The summed E-state index contributed by atoms with van der Waals surface area (Å²) in [6.45, 7) is 4.21. The van der Waals surface area contributed by atoms with Crippen LogP contribution in [0.3, 0.4) is 0 Å². The highest BCUT2D eigenvalue weighted by Gasteiger charge is 2.40. The van der Waals surface area contributed by atoms with E-state index in [-0.39, 0.29) is 18.2 Å². The van der Waals surface area contributed by atoms with Crippen LogP contribution in [0.15, 0.2) is 47.9 Å². The van der Waals surface area contributed by atoms with Crippen molar-refractivity contribution in [1.29, 1.82) is 0 Å². The molecular formula is C17H17N3O2S. The molecule has 1 saturated heterocycles. The summed E-state index contributed by atoms with van der Waals surface area (Å²) >= 11 is 1.24. The Morgan fingerprint density at radius 1 is 1.13 bits per heavy atom. The van der Waals surface area contributed by atoms with Gasteiger partial charge in [-0.25, -0.2) is 14.9 Å². The van der Waals surface area contributed by atoms with Gasteiger partial charge in [0.1, 0.15) is 5.25 Å². The molecular weight excluding hydrogens is 310 g/mol. The predicted octanol–water partition coefficient (Wildman–Crippen LogP) is 3.02. The Morgan fingerprint density at radius 3 is 2.39 bits per heavy atom. The van der Waals surface area contributed by atoms with Crippen molar-refractivity contribution in [2.45, 2.75) is 36.6 Å². The van der Waals surface area contributed by atoms with Gasteiger partial charge in [0.15, 0.2) is 5.16 Å². The highest BCUT2D eigenvalue weighted by molar-refractivity contribution is 8.00. The van der Waals surface area contributed by atoms with E-state index >= 15 is 0 Å². The molecule has 5 nitrogen and oxygen atoms in total. The first-order chi connectivity index (χ1) is 11.1. The lowest BCUT2D eigenvalue weighted by Gasteiger charge is -2.16. The van der Waals surface area contributed by atoms with Gasteiger partial charge in [-0.15, -0.1) is 0 Å². The number of benzene rings is 1. The fourth-order valence-corrected chi connectivity index (χ4v) is 3.38. The molecule has 23 heavy (non-hydrogen) atoms. The average molecular weight is 327 g/mol. The van der Waals surface area contributed by atoms with Crippen LogP contribution in [0.25, 0.3) is 0 Å². The number of rotatable bonds is 4. The van der Waals surface area contributed by atoms with Crippen LogP contribution in [0.2, 0.25) is 0 Å². The Balaban J connectivity index is 1.78. The molecule has 2 amide bonds. The van der Waals surface area contributed by atoms with E-state index in [1.807, 2.05) is 24.3 Å². The summed E-state index contributed by atoms with van der Waals surface area (Å²) < 4.78 is 0.